The van der Waals surface area contributed by atoms with E-state index in [1.54, 1.807) is 18.2 Å². The summed E-state index contributed by atoms with van der Waals surface area (Å²) >= 11 is 9.25. The molecule has 1 aromatic rings. The van der Waals surface area contributed by atoms with Gasteiger partial charge in [0.15, 0.2) is 0 Å². The first-order valence-electron chi connectivity index (χ1n) is 7.17. The Balaban J connectivity index is 1.73. The number of ether oxygens (including phenoxy) is 1. The van der Waals surface area contributed by atoms with Crippen LogP contribution in [0.1, 0.15) is 26.2 Å². The van der Waals surface area contributed by atoms with Crippen molar-refractivity contribution in [1.82, 2.24) is 10.6 Å². The van der Waals surface area contributed by atoms with Gasteiger partial charge in [-0.05, 0) is 60.4 Å². The summed E-state index contributed by atoms with van der Waals surface area (Å²) in [6.45, 7) is 3.48. The Labute approximate surface area is 138 Å². The fraction of sp³-hybridized carbons (Fsp3) is 0.533. The normalized spacial score (nSPS) is 21.9. The van der Waals surface area contributed by atoms with Gasteiger partial charge < -0.3 is 15.4 Å². The van der Waals surface area contributed by atoms with Crippen LogP contribution in [0.2, 0.25) is 5.02 Å². The van der Waals surface area contributed by atoms with Gasteiger partial charge in [0.1, 0.15) is 5.75 Å². The Bertz CT molecular complexity index is 499. The highest BCUT2D eigenvalue weighted by Crippen LogP contribution is 2.27. The fourth-order valence-electron chi connectivity index (χ4n) is 2.37. The minimum absolute atomic E-state index is 0.0284. The van der Waals surface area contributed by atoms with Crippen LogP contribution in [0.15, 0.2) is 22.7 Å². The van der Waals surface area contributed by atoms with Gasteiger partial charge in [0.2, 0.25) is 5.91 Å². The molecule has 2 N–H and O–H groups in total. The lowest BCUT2D eigenvalue weighted by molar-refractivity contribution is -0.122. The highest BCUT2D eigenvalue weighted by atomic mass is 79.9. The average Bonchev–Trinajstić information content (AvgIpc) is 2.44. The van der Waals surface area contributed by atoms with E-state index in [2.05, 4.69) is 33.5 Å². The zero-order valence-corrected chi connectivity index (χ0v) is 14.3. The lowest BCUT2D eigenvalue weighted by Crippen LogP contribution is -2.52. The Morgan fingerprint density at radius 3 is 3.10 bits per heavy atom. The van der Waals surface area contributed by atoms with Gasteiger partial charge in [0, 0.05) is 17.1 Å². The van der Waals surface area contributed by atoms with Crippen LogP contribution in [0, 0.1) is 0 Å². The molecule has 0 aliphatic carbocycles. The van der Waals surface area contributed by atoms with Crippen LogP contribution in [0.5, 0.6) is 5.75 Å². The number of benzene rings is 1. The second-order valence-corrected chi connectivity index (χ2v) is 6.52. The van der Waals surface area contributed by atoms with Crippen molar-refractivity contribution in [2.24, 2.45) is 0 Å². The van der Waals surface area contributed by atoms with Gasteiger partial charge in [-0.1, -0.05) is 11.6 Å². The molecule has 116 valence electrons. The summed E-state index contributed by atoms with van der Waals surface area (Å²) in [5, 5.41) is 7.08. The van der Waals surface area contributed by atoms with Crippen molar-refractivity contribution in [1.29, 1.82) is 0 Å². The molecule has 1 heterocycles. The van der Waals surface area contributed by atoms with Gasteiger partial charge in [-0.3, -0.25) is 4.79 Å². The summed E-state index contributed by atoms with van der Waals surface area (Å²) in [5.74, 6) is 0.723. The molecule has 0 aromatic heterocycles. The van der Waals surface area contributed by atoms with Crippen LogP contribution >= 0.6 is 27.5 Å². The summed E-state index contributed by atoms with van der Waals surface area (Å²) in [7, 11) is 0. The average molecular weight is 376 g/mol. The third kappa shape index (κ3) is 5.16. The maximum atomic E-state index is 11.9. The largest absolute Gasteiger partial charge is 0.492 e. The van der Waals surface area contributed by atoms with Crippen molar-refractivity contribution in [3.8, 4) is 5.75 Å². The molecule has 1 fully saturated rings. The molecule has 1 aromatic carbocycles. The number of hydrogen-bond donors (Lipinski definition) is 2. The summed E-state index contributed by atoms with van der Waals surface area (Å²) in [5.41, 5.74) is 0. The minimum Gasteiger partial charge on any atom is -0.492 e. The molecule has 21 heavy (non-hydrogen) atoms. The number of carbonyl (C=O) groups excluding carboxylic acids is 1. The number of amides is 1. The summed E-state index contributed by atoms with van der Waals surface area (Å²) in [4.78, 5) is 11.9. The van der Waals surface area contributed by atoms with Crippen molar-refractivity contribution in [2.45, 2.75) is 38.3 Å². The van der Waals surface area contributed by atoms with Crippen LogP contribution in [0.4, 0.5) is 0 Å². The lowest BCUT2D eigenvalue weighted by Gasteiger charge is -2.30. The van der Waals surface area contributed by atoms with Crippen LogP contribution in [0.3, 0.4) is 0 Å². The first-order chi connectivity index (χ1) is 10.1. The van der Waals surface area contributed by atoms with Crippen LogP contribution < -0.4 is 15.4 Å². The molecule has 0 bridgehead atoms. The number of piperidine rings is 1. The van der Waals surface area contributed by atoms with Crippen molar-refractivity contribution in [3.63, 3.8) is 0 Å². The van der Waals surface area contributed by atoms with E-state index in [1.807, 2.05) is 0 Å². The second kappa shape index (κ2) is 8.01. The lowest BCUT2D eigenvalue weighted by atomic mass is 10.00. The zero-order valence-electron chi connectivity index (χ0n) is 12.0. The van der Waals surface area contributed by atoms with Crippen LogP contribution in [-0.2, 0) is 4.79 Å². The number of halogens is 2. The molecule has 1 aliphatic heterocycles. The SMILES string of the molecule is CC1NCCCC1NC(=O)CCOc1ccc(Cl)cc1Br. The molecule has 4 nitrogen and oxygen atoms in total. The predicted octanol–water partition coefficient (Wildman–Crippen LogP) is 3.13. The molecular formula is C15H20BrClN2O2. The summed E-state index contributed by atoms with van der Waals surface area (Å²) in [6.07, 6.45) is 2.48. The first-order valence-corrected chi connectivity index (χ1v) is 8.34. The quantitative estimate of drug-likeness (QED) is 0.831. The van der Waals surface area contributed by atoms with E-state index in [1.165, 1.54) is 0 Å². The van der Waals surface area contributed by atoms with E-state index in [0.29, 0.717) is 29.8 Å². The highest BCUT2D eigenvalue weighted by molar-refractivity contribution is 9.10. The van der Waals surface area contributed by atoms with Gasteiger partial charge in [-0.2, -0.15) is 0 Å². The molecule has 1 aliphatic rings. The molecule has 0 spiro atoms. The maximum absolute atomic E-state index is 11.9. The topological polar surface area (TPSA) is 50.4 Å². The van der Waals surface area contributed by atoms with E-state index in [4.69, 9.17) is 16.3 Å². The van der Waals surface area contributed by atoms with Gasteiger partial charge in [0.25, 0.3) is 0 Å². The van der Waals surface area contributed by atoms with Crippen molar-refractivity contribution in [3.05, 3.63) is 27.7 Å². The highest BCUT2D eigenvalue weighted by Gasteiger charge is 2.22. The predicted molar refractivity (Wildman–Crippen MR) is 87.9 cm³/mol. The van der Waals surface area contributed by atoms with Crippen molar-refractivity contribution >= 4 is 33.4 Å². The number of carbonyl (C=O) groups is 1. The molecule has 2 unspecified atom stereocenters. The molecule has 1 saturated heterocycles. The van der Waals surface area contributed by atoms with Gasteiger partial charge >= 0.3 is 0 Å². The van der Waals surface area contributed by atoms with Crippen molar-refractivity contribution in [2.75, 3.05) is 13.2 Å². The van der Waals surface area contributed by atoms with Gasteiger partial charge in [-0.15, -0.1) is 0 Å². The van der Waals surface area contributed by atoms with Crippen LogP contribution in [0.25, 0.3) is 0 Å². The third-order valence-electron chi connectivity index (χ3n) is 3.59. The Kier molecular flexibility index (Phi) is 6.33. The summed E-state index contributed by atoms with van der Waals surface area (Å²) < 4.78 is 6.39. The van der Waals surface area contributed by atoms with E-state index >= 15 is 0 Å². The maximum Gasteiger partial charge on any atom is 0.223 e. The molecule has 0 saturated carbocycles. The molecule has 2 rings (SSSR count). The molecule has 2 atom stereocenters. The van der Waals surface area contributed by atoms with Gasteiger partial charge in [0.05, 0.1) is 17.5 Å². The monoisotopic (exact) mass is 374 g/mol. The standard InChI is InChI=1S/C15H20BrClN2O2/c1-10-13(3-2-7-18-10)19-15(20)6-8-21-14-5-4-11(17)9-12(14)16/h4-5,9-10,13,18H,2-3,6-8H2,1H3,(H,19,20). The smallest absolute Gasteiger partial charge is 0.223 e. The van der Waals surface area contributed by atoms with E-state index < -0.39 is 0 Å². The minimum atomic E-state index is 0.0284. The molecular weight excluding hydrogens is 356 g/mol. The summed E-state index contributed by atoms with van der Waals surface area (Å²) in [6, 6.07) is 5.86. The number of nitrogens with one attached hydrogen (secondary N) is 2. The number of hydrogen-bond acceptors (Lipinski definition) is 3. The zero-order chi connectivity index (χ0) is 15.2. The third-order valence-corrected chi connectivity index (χ3v) is 4.44. The van der Waals surface area contributed by atoms with Crippen molar-refractivity contribution < 1.29 is 9.53 Å². The van der Waals surface area contributed by atoms with E-state index in [-0.39, 0.29) is 11.9 Å². The molecule has 6 heteroatoms. The Morgan fingerprint density at radius 2 is 2.38 bits per heavy atom. The van der Waals surface area contributed by atoms with E-state index in [0.717, 1.165) is 23.9 Å². The second-order valence-electron chi connectivity index (χ2n) is 5.23. The molecule has 0 radical (unpaired) electrons. The Hall–Kier alpha value is -0.780. The fourth-order valence-corrected chi connectivity index (χ4v) is 3.16. The molecule has 1 amide bonds. The van der Waals surface area contributed by atoms with Gasteiger partial charge in [-0.25, -0.2) is 0 Å². The first kappa shape index (κ1) is 16.6. The Morgan fingerprint density at radius 1 is 1.57 bits per heavy atom. The van der Waals surface area contributed by atoms with Crippen LogP contribution in [-0.4, -0.2) is 31.1 Å². The number of rotatable bonds is 5. The van der Waals surface area contributed by atoms with E-state index in [9.17, 15) is 4.79 Å².